The molecule has 0 saturated heterocycles. The van der Waals surface area contributed by atoms with Crippen molar-refractivity contribution in [3.05, 3.63) is 29.8 Å². The van der Waals surface area contributed by atoms with Crippen molar-refractivity contribution in [2.45, 2.75) is 39.5 Å². The van der Waals surface area contributed by atoms with Gasteiger partial charge in [-0.15, -0.1) is 0 Å². The van der Waals surface area contributed by atoms with Gasteiger partial charge in [-0.1, -0.05) is 38.8 Å². The molecule has 0 aliphatic rings. The van der Waals surface area contributed by atoms with Gasteiger partial charge in [0.1, 0.15) is 0 Å². The zero-order valence-electron chi connectivity index (χ0n) is 10.2. The fourth-order valence-corrected chi connectivity index (χ4v) is 2.03. The number of benzene rings is 1. The maximum atomic E-state index is 12.2. The molecular weight excluding hydrogens is 198 g/mol. The maximum Gasteiger partial charge on any atom is 0.166 e. The van der Waals surface area contributed by atoms with Gasteiger partial charge in [0.25, 0.3) is 0 Å². The molecule has 0 aromatic heterocycles. The number of Topliss-reactive ketones (excluding diaryl/α,β-unsaturated/α-hetero) is 1. The minimum Gasteiger partial charge on any atom is -0.399 e. The fourth-order valence-electron chi connectivity index (χ4n) is 2.03. The largest absolute Gasteiger partial charge is 0.399 e. The molecule has 0 amide bonds. The van der Waals surface area contributed by atoms with Crippen molar-refractivity contribution in [2.75, 3.05) is 5.73 Å². The molecule has 0 spiro atoms. The van der Waals surface area contributed by atoms with Crippen molar-refractivity contribution in [1.29, 1.82) is 0 Å². The lowest BCUT2D eigenvalue weighted by Crippen LogP contribution is -2.14. The molecule has 0 fully saturated rings. The van der Waals surface area contributed by atoms with E-state index in [1.807, 2.05) is 18.2 Å². The number of rotatable bonds is 6. The van der Waals surface area contributed by atoms with E-state index in [0.29, 0.717) is 5.69 Å². The van der Waals surface area contributed by atoms with Gasteiger partial charge in [0.2, 0.25) is 0 Å². The lowest BCUT2D eigenvalue weighted by molar-refractivity contribution is 0.0905. The summed E-state index contributed by atoms with van der Waals surface area (Å²) < 4.78 is 0. The smallest absolute Gasteiger partial charge is 0.166 e. The first-order valence-corrected chi connectivity index (χ1v) is 6.08. The van der Waals surface area contributed by atoms with Crippen LogP contribution in [0.2, 0.25) is 0 Å². The van der Waals surface area contributed by atoms with Gasteiger partial charge >= 0.3 is 0 Å². The Hall–Kier alpha value is -1.31. The van der Waals surface area contributed by atoms with Crippen molar-refractivity contribution >= 4 is 11.5 Å². The van der Waals surface area contributed by atoms with Gasteiger partial charge in [-0.3, -0.25) is 4.79 Å². The van der Waals surface area contributed by atoms with Gasteiger partial charge < -0.3 is 5.73 Å². The van der Waals surface area contributed by atoms with E-state index in [1.54, 1.807) is 6.07 Å². The van der Waals surface area contributed by atoms with Crippen LogP contribution < -0.4 is 5.73 Å². The quantitative estimate of drug-likeness (QED) is 0.586. The molecule has 1 aromatic carbocycles. The number of nitrogens with two attached hydrogens (primary N) is 1. The molecule has 88 valence electrons. The fraction of sp³-hybridized carbons (Fsp3) is 0.500. The summed E-state index contributed by atoms with van der Waals surface area (Å²) in [6.07, 6.45) is 4.06. The average molecular weight is 219 g/mol. The first-order chi connectivity index (χ1) is 7.69. The molecule has 0 atom stereocenters. The summed E-state index contributed by atoms with van der Waals surface area (Å²) in [5.41, 5.74) is 7.11. The molecule has 0 radical (unpaired) electrons. The summed E-state index contributed by atoms with van der Waals surface area (Å²) in [6, 6.07) is 7.29. The number of anilines is 1. The number of carbonyl (C=O) groups is 1. The molecule has 2 N–H and O–H groups in total. The summed E-state index contributed by atoms with van der Waals surface area (Å²) in [4.78, 5) is 12.2. The van der Waals surface area contributed by atoms with Crippen molar-refractivity contribution < 1.29 is 4.79 Å². The second-order valence-corrected chi connectivity index (χ2v) is 4.26. The Labute approximate surface area is 97.9 Å². The summed E-state index contributed by atoms with van der Waals surface area (Å²) in [7, 11) is 0. The summed E-state index contributed by atoms with van der Waals surface area (Å²) in [5, 5.41) is 0. The molecular formula is C14H21NO. The van der Waals surface area contributed by atoms with Gasteiger partial charge in [-0.25, -0.2) is 0 Å². The molecule has 0 heterocycles. The third kappa shape index (κ3) is 3.37. The molecule has 1 aromatic rings. The molecule has 0 aliphatic heterocycles. The van der Waals surface area contributed by atoms with E-state index in [2.05, 4.69) is 13.8 Å². The normalized spacial score (nSPS) is 10.7. The third-order valence-electron chi connectivity index (χ3n) is 2.82. The van der Waals surface area contributed by atoms with E-state index < -0.39 is 0 Å². The van der Waals surface area contributed by atoms with Crippen molar-refractivity contribution in [2.24, 2.45) is 5.92 Å². The van der Waals surface area contributed by atoms with E-state index in [1.165, 1.54) is 0 Å². The van der Waals surface area contributed by atoms with E-state index in [4.69, 9.17) is 5.73 Å². The number of hydrogen-bond acceptors (Lipinski definition) is 2. The monoisotopic (exact) mass is 219 g/mol. The number of carbonyl (C=O) groups excluding carboxylic acids is 1. The summed E-state index contributed by atoms with van der Waals surface area (Å²) in [5.74, 6) is 0.410. The van der Waals surface area contributed by atoms with Gasteiger partial charge in [0.05, 0.1) is 0 Å². The Kier molecular flexibility index (Phi) is 5.03. The third-order valence-corrected chi connectivity index (χ3v) is 2.82. The maximum absolute atomic E-state index is 12.2. The van der Waals surface area contributed by atoms with E-state index >= 15 is 0 Å². The SMILES string of the molecule is CCCC(CCC)C(=O)c1cccc(N)c1. The lowest BCUT2D eigenvalue weighted by atomic mass is 9.90. The second kappa shape index (κ2) is 6.31. The predicted molar refractivity (Wildman–Crippen MR) is 68.5 cm³/mol. The van der Waals surface area contributed by atoms with Gasteiger partial charge in [-0.05, 0) is 25.0 Å². The van der Waals surface area contributed by atoms with Crippen LogP contribution in [0.25, 0.3) is 0 Å². The Morgan fingerprint density at radius 1 is 1.25 bits per heavy atom. The molecule has 0 saturated carbocycles. The number of ketones is 1. The van der Waals surface area contributed by atoms with Crippen molar-refractivity contribution in [3.8, 4) is 0 Å². The van der Waals surface area contributed by atoms with Crippen LogP contribution in [0.3, 0.4) is 0 Å². The summed E-state index contributed by atoms with van der Waals surface area (Å²) in [6.45, 7) is 4.24. The lowest BCUT2D eigenvalue weighted by Gasteiger charge is -2.14. The van der Waals surface area contributed by atoms with Crippen LogP contribution in [-0.2, 0) is 0 Å². The highest BCUT2D eigenvalue weighted by Gasteiger charge is 2.18. The highest BCUT2D eigenvalue weighted by molar-refractivity contribution is 5.98. The van der Waals surface area contributed by atoms with Crippen LogP contribution in [0.4, 0.5) is 5.69 Å². The van der Waals surface area contributed by atoms with E-state index in [-0.39, 0.29) is 11.7 Å². The minimum atomic E-state index is 0.164. The van der Waals surface area contributed by atoms with Gasteiger partial charge in [0, 0.05) is 17.2 Å². The topological polar surface area (TPSA) is 43.1 Å². The first kappa shape index (κ1) is 12.8. The Morgan fingerprint density at radius 3 is 2.38 bits per heavy atom. The van der Waals surface area contributed by atoms with E-state index in [9.17, 15) is 4.79 Å². The molecule has 0 bridgehead atoms. The van der Waals surface area contributed by atoms with Crippen molar-refractivity contribution in [3.63, 3.8) is 0 Å². The van der Waals surface area contributed by atoms with Crippen LogP contribution >= 0.6 is 0 Å². The minimum absolute atomic E-state index is 0.164. The van der Waals surface area contributed by atoms with Gasteiger partial charge in [0.15, 0.2) is 5.78 Å². The molecule has 0 unspecified atom stereocenters. The van der Waals surface area contributed by atoms with Crippen LogP contribution in [-0.4, -0.2) is 5.78 Å². The predicted octanol–water partition coefficient (Wildman–Crippen LogP) is 3.67. The molecule has 0 aliphatic carbocycles. The zero-order chi connectivity index (χ0) is 12.0. The van der Waals surface area contributed by atoms with Crippen LogP contribution in [0.5, 0.6) is 0 Å². The number of nitrogen functional groups attached to an aromatic ring is 1. The molecule has 2 heteroatoms. The molecule has 1 rings (SSSR count). The second-order valence-electron chi connectivity index (χ2n) is 4.26. The zero-order valence-corrected chi connectivity index (χ0v) is 10.2. The Morgan fingerprint density at radius 2 is 1.88 bits per heavy atom. The van der Waals surface area contributed by atoms with Crippen LogP contribution in [0.1, 0.15) is 49.9 Å². The van der Waals surface area contributed by atoms with Crippen LogP contribution in [0.15, 0.2) is 24.3 Å². The van der Waals surface area contributed by atoms with Gasteiger partial charge in [-0.2, -0.15) is 0 Å². The van der Waals surface area contributed by atoms with Crippen LogP contribution in [0, 0.1) is 5.92 Å². The Bertz CT molecular complexity index is 340. The van der Waals surface area contributed by atoms with E-state index in [0.717, 1.165) is 31.2 Å². The first-order valence-electron chi connectivity index (χ1n) is 6.08. The molecule has 16 heavy (non-hydrogen) atoms. The number of hydrogen-bond donors (Lipinski definition) is 1. The average Bonchev–Trinajstić information content (AvgIpc) is 2.28. The standard InChI is InChI=1S/C14H21NO/c1-3-6-11(7-4-2)14(16)12-8-5-9-13(15)10-12/h5,8-11H,3-4,6-7,15H2,1-2H3. The highest BCUT2D eigenvalue weighted by atomic mass is 16.1. The Balaban J connectivity index is 2.81. The van der Waals surface area contributed by atoms with Crippen molar-refractivity contribution in [1.82, 2.24) is 0 Å². The molecule has 2 nitrogen and oxygen atoms in total. The highest BCUT2D eigenvalue weighted by Crippen LogP contribution is 2.20. The summed E-state index contributed by atoms with van der Waals surface area (Å²) >= 11 is 0.